The Morgan fingerprint density at radius 1 is 1.33 bits per heavy atom. The predicted octanol–water partition coefficient (Wildman–Crippen LogP) is 1.25. The van der Waals surface area contributed by atoms with E-state index in [1.54, 1.807) is 0 Å². The second kappa shape index (κ2) is 4.45. The maximum atomic E-state index is 11.2. The maximum Gasteiger partial charge on any atom is 0.264 e. The summed E-state index contributed by atoms with van der Waals surface area (Å²) < 4.78 is 25.0. The summed E-state index contributed by atoms with van der Waals surface area (Å²) >= 11 is 0. The van der Waals surface area contributed by atoms with Crippen LogP contribution in [0.5, 0.6) is 0 Å². The molecule has 0 aliphatic rings. The second-order valence-electron chi connectivity index (χ2n) is 2.43. The van der Waals surface area contributed by atoms with Crippen LogP contribution in [0.25, 0.3) is 10.4 Å². The fourth-order valence-electron chi connectivity index (χ4n) is 0.886. The molecule has 0 saturated heterocycles. The Bertz CT molecular complexity index is 502. The van der Waals surface area contributed by atoms with E-state index in [0.29, 0.717) is 12.1 Å². The van der Waals surface area contributed by atoms with Crippen molar-refractivity contribution in [3.05, 3.63) is 34.7 Å². The maximum absolute atomic E-state index is 11.2. The molecule has 0 aliphatic heterocycles. The first-order chi connectivity index (χ1) is 7.10. The minimum atomic E-state index is -3.95. The summed E-state index contributed by atoms with van der Waals surface area (Å²) in [6, 6.07) is 5.23. The van der Waals surface area contributed by atoms with Gasteiger partial charge >= 0.3 is 0 Å². The molecule has 0 heterocycles. The molecule has 7 nitrogen and oxygen atoms in total. The number of anilines is 1. The number of hydrogen-bond donors (Lipinski definition) is 1. The summed E-state index contributed by atoms with van der Waals surface area (Å²) in [4.78, 5) is 12.1. The lowest BCUT2D eigenvalue weighted by Gasteiger charge is -1.99. The highest BCUT2D eigenvalue weighted by Crippen LogP contribution is 2.15. The summed E-state index contributed by atoms with van der Waals surface area (Å²) in [6.07, 6.45) is 0.469. The third-order valence-corrected chi connectivity index (χ3v) is 2.68. The fourth-order valence-corrected chi connectivity index (χ4v) is 1.56. The van der Waals surface area contributed by atoms with Gasteiger partial charge in [0.1, 0.15) is 0 Å². The van der Waals surface area contributed by atoms with E-state index in [-0.39, 0.29) is 4.90 Å². The van der Waals surface area contributed by atoms with Crippen molar-refractivity contribution in [1.29, 1.82) is 0 Å². The Kier molecular flexibility index (Phi) is 3.27. The van der Waals surface area contributed by atoms with Gasteiger partial charge < -0.3 is 5.32 Å². The van der Waals surface area contributed by atoms with E-state index in [1.165, 1.54) is 24.3 Å². The molecule has 1 aromatic carbocycles. The van der Waals surface area contributed by atoms with Gasteiger partial charge in [-0.3, -0.25) is 4.79 Å². The lowest BCUT2D eigenvalue weighted by Crippen LogP contribution is -1.97. The quantitative estimate of drug-likeness (QED) is 0.360. The van der Waals surface area contributed by atoms with Crippen molar-refractivity contribution in [3.8, 4) is 0 Å². The highest BCUT2D eigenvalue weighted by atomic mass is 32.2. The SMILES string of the molecule is [N-]=[N+]=NS(=O)(=O)c1ccc(NC=O)cc1. The number of nitrogens with zero attached hydrogens (tertiary/aromatic N) is 3. The molecule has 1 aromatic rings. The van der Waals surface area contributed by atoms with Gasteiger partial charge in [0.15, 0.2) is 0 Å². The van der Waals surface area contributed by atoms with Crippen LogP contribution in [0.15, 0.2) is 33.7 Å². The molecule has 0 aliphatic carbocycles. The molecule has 0 saturated carbocycles. The van der Waals surface area contributed by atoms with Gasteiger partial charge in [-0.2, -0.15) is 0 Å². The number of nitrogens with one attached hydrogen (secondary N) is 1. The summed E-state index contributed by atoms with van der Waals surface area (Å²) in [5.41, 5.74) is 8.47. The van der Waals surface area contributed by atoms with E-state index in [9.17, 15) is 13.2 Å². The molecule has 0 radical (unpaired) electrons. The van der Waals surface area contributed by atoms with Crippen LogP contribution >= 0.6 is 0 Å². The average molecular weight is 226 g/mol. The molecule has 0 spiro atoms. The number of benzene rings is 1. The van der Waals surface area contributed by atoms with Gasteiger partial charge in [-0.25, -0.2) is 8.42 Å². The largest absolute Gasteiger partial charge is 0.329 e. The summed E-state index contributed by atoms with van der Waals surface area (Å²) in [5.74, 6) is 0. The van der Waals surface area contributed by atoms with E-state index in [4.69, 9.17) is 5.53 Å². The van der Waals surface area contributed by atoms with Crippen molar-refractivity contribution in [2.45, 2.75) is 4.90 Å². The lowest BCUT2D eigenvalue weighted by molar-refractivity contribution is -0.105. The molecule has 0 bridgehead atoms. The standard InChI is InChI=1S/C7H6N4O3S/c8-10-11-15(13,14)7-3-1-6(2-4-7)9-5-12/h1-5H,(H,9,12). The summed E-state index contributed by atoms with van der Waals surface area (Å²) in [5, 5.41) is 2.34. The monoisotopic (exact) mass is 226 g/mol. The average Bonchev–Trinajstić information content (AvgIpc) is 2.19. The van der Waals surface area contributed by atoms with Gasteiger partial charge in [0.2, 0.25) is 6.41 Å². The number of hydrogen-bond acceptors (Lipinski definition) is 3. The van der Waals surface area contributed by atoms with Crippen molar-refractivity contribution < 1.29 is 13.2 Å². The first kappa shape index (κ1) is 11.0. The third-order valence-electron chi connectivity index (χ3n) is 1.52. The van der Waals surface area contributed by atoms with Gasteiger partial charge in [-0.1, -0.05) is 0 Å². The molecular weight excluding hydrogens is 220 g/mol. The van der Waals surface area contributed by atoms with Gasteiger partial charge in [0.25, 0.3) is 10.0 Å². The lowest BCUT2D eigenvalue weighted by atomic mass is 10.3. The molecule has 15 heavy (non-hydrogen) atoms. The molecule has 1 N–H and O–H groups in total. The Morgan fingerprint density at radius 3 is 2.40 bits per heavy atom. The van der Waals surface area contributed by atoms with Crippen LogP contribution < -0.4 is 5.32 Å². The zero-order valence-electron chi connectivity index (χ0n) is 7.36. The molecule has 0 atom stereocenters. The molecule has 0 aromatic heterocycles. The minimum absolute atomic E-state index is 0.128. The fraction of sp³-hybridized carbons (Fsp3) is 0. The van der Waals surface area contributed by atoms with Crippen molar-refractivity contribution >= 4 is 22.1 Å². The van der Waals surface area contributed by atoms with Crippen molar-refractivity contribution in [2.24, 2.45) is 4.52 Å². The van der Waals surface area contributed by atoms with Crippen LogP contribution in [-0.2, 0) is 14.8 Å². The predicted molar refractivity (Wildman–Crippen MR) is 52.5 cm³/mol. The zero-order chi connectivity index (χ0) is 11.3. The van der Waals surface area contributed by atoms with Gasteiger partial charge in [0, 0.05) is 15.1 Å². The number of carbonyl (C=O) groups is 1. The van der Waals surface area contributed by atoms with Crippen molar-refractivity contribution in [2.75, 3.05) is 5.32 Å². The number of carbonyl (C=O) groups excluding carboxylic acids is 1. The second-order valence-corrected chi connectivity index (χ2v) is 4.02. The van der Waals surface area contributed by atoms with E-state index in [1.807, 2.05) is 0 Å². The highest BCUT2D eigenvalue weighted by molar-refractivity contribution is 7.90. The molecule has 0 unspecified atom stereocenters. The van der Waals surface area contributed by atoms with E-state index >= 15 is 0 Å². The zero-order valence-corrected chi connectivity index (χ0v) is 8.18. The van der Waals surface area contributed by atoms with E-state index in [2.05, 4.69) is 14.7 Å². The van der Waals surface area contributed by atoms with Gasteiger partial charge in [-0.15, -0.1) is 0 Å². The number of amides is 1. The van der Waals surface area contributed by atoms with Crippen molar-refractivity contribution in [3.63, 3.8) is 0 Å². The topological polar surface area (TPSA) is 112 Å². The third kappa shape index (κ3) is 2.70. The Morgan fingerprint density at radius 2 is 1.93 bits per heavy atom. The van der Waals surface area contributed by atoms with Crippen LogP contribution in [0.3, 0.4) is 0 Å². The first-order valence-electron chi connectivity index (χ1n) is 3.72. The van der Waals surface area contributed by atoms with E-state index < -0.39 is 10.0 Å². The molecular formula is C7H6N4O3S. The molecule has 1 amide bonds. The molecule has 8 heteroatoms. The van der Waals surface area contributed by atoms with Crippen LogP contribution in [-0.4, -0.2) is 14.8 Å². The first-order valence-corrected chi connectivity index (χ1v) is 5.16. The summed E-state index contributed by atoms with van der Waals surface area (Å²) in [7, 11) is -3.95. The highest BCUT2D eigenvalue weighted by Gasteiger charge is 2.10. The van der Waals surface area contributed by atoms with Crippen LogP contribution in [0, 0.1) is 0 Å². The summed E-state index contributed by atoms with van der Waals surface area (Å²) in [6.45, 7) is 0. The Balaban J connectivity index is 3.09. The normalized spacial score (nSPS) is 10.1. The van der Waals surface area contributed by atoms with Crippen LogP contribution in [0.1, 0.15) is 0 Å². The Labute approximate surface area is 85.4 Å². The van der Waals surface area contributed by atoms with E-state index in [0.717, 1.165) is 0 Å². The Hall–Kier alpha value is -2.05. The van der Waals surface area contributed by atoms with Crippen LogP contribution in [0.4, 0.5) is 5.69 Å². The molecule has 0 fully saturated rings. The molecule has 78 valence electrons. The number of rotatable bonds is 4. The minimum Gasteiger partial charge on any atom is -0.329 e. The van der Waals surface area contributed by atoms with Crippen molar-refractivity contribution in [1.82, 2.24) is 0 Å². The number of sulfonamides is 1. The molecule has 1 rings (SSSR count). The van der Waals surface area contributed by atoms with Gasteiger partial charge in [-0.05, 0) is 29.8 Å². The smallest absolute Gasteiger partial charge is 0.264 e. The van der Waals surface area contributed by atoms with Crippen LogP contribution in [0.2, 0.25) is 0 Å². The number of azide groups is 1. The van der Waals surface area contributed by atoms with Gasteiger partial charge in [0.05, 0.1) is 4.90 Å².